The molecule has 0 spiro atoms. The Kier molecular flexibility index (Phi) is 5.76. The van der Waals surface area contributed by atoms with Gasteiger partial charge in [-0.05, 0) is 19.3 Å². The van der Waals surface area contributed by atoms with Gasteiger partial charge in [0.05, 0.1) is 5.92 Å². The smallest absolute Gasteiger partial charge is 0.306 e. The van der Waals surface area contributed by atoms with Gasteiger partial charge in [0.2, 0.25) is 0 Å². The second kappa shape index (κ2) is 6.01. The van der Waals surface area contributed by atoms with Gasteiger partial charge >= 0.3 is 5.97 Å². The maximum Gasteiger partial charge on any atom is 0.306 e. The summed E-state index contributed by atoms with van der Waals surface area (Å²) in [6, 6.07) is 0. The fourth-order valence-electron chi connectivity index (χ4n) is 1.33. The number of sulfone groups is 1. The molecule has 0 heterocycles. The van der Waals surface area contributed by atoms with Crippen LogP contribution in [0.5, 0.6) is 0 Å². The summed E-state index contributed by atoms with van der Waals surface area (Å²) in [5.74, 6) is -1.12. The SMILES string of the molecule is CCCC(CCCS(C)(=O)=O)C(=O)O. The van der Waals surface area contributed by atoms with Crippen LogP contribution in [-0.2, 0) is 14.6 Å². The van der Waals surface area contributed by atoms with Crippen molar-refractivity contribution in [2.24, 2.45) is 5.92 Å². The first-order valence-electron chi connectivity index (χ1n) is 4.77. The topological polar surface area (TPSA) is 71.4 Å². The Balaban J connectivity index is 3.89. The lowest BCUT2D eigenvalue weighted by atomic mass is 9.99. The van der Waals surface area contributed by atoms with E-state index >= 15 is 0 Å². The van der Waals surface area contributed by atoms with Gasteiger partial charge in [0.1, 0.15) is 9.84 Å². The maximum absolute atomic E-state index is 10.8. The minimum absolute atomic E-state index is 0.0838. The van der Waals surface area contributed by atoms with Crippen molar-refractivity contribution in [2.75, 3.05) is 12.0 Å². The molecule has 0 aliphatic carbocycles. The van der Waals surface area contributed by atoms with Crippen LogP contribution in [0.3, 0.4) is 0 Å². The quantitative estimate of drug-likeness (QED) is 0.705. The monoisotopic (exact) mass is 222 g/mol. The summed E-state index contributed by atoms with van der Waals surface area (Å²) in [5, 5.41) is 8.78. The number of rotatable bonds is 7. The number of hydrogen-bond acceptors (Lipinski definition) is 3. The van der Waals surface area contributed by atoms with E-state index in [1.165, 1.54) is 6.26 Å². The van der Waals surface area contributed by atoms with E-state index in [0.29, 0.717) is 19.3 Å². The van der Waals surface area contributed by atoms with Gasteiger partial charge in [0.15, 0.2) is 0 Å². The van der Waals surface area contributed by atoms with Crippen LogP contribution < -0.4 is 0 Å². The van der Waals surface area contributed by atoms with Gasteiger partial charge in [-0.1, -0.05) is 13.3 Å². The highest BCUT2D eigenvalue weighted by Crippen LogP contribution is 2.14. The molecule has 0 aliphatic heterocycles. The molecule has 0 amide bonds. The molecule has 4 nitrogen and oxygen atoms in total. The number of hydrogen-bond donors (Lipinski definition) is 1. The Labute approximate surface area is 85.2 Å². The number of carboxylic acid groups (broad SMARTS) is 1. The Hall–Kier alpha value is -0.580. The van der Waals surface area contributed by atoms with Crippen molar-refractivity contribution in [3.8, 4) is 0 Å². The van der Waals surface area contributed by atoms with Gasteiger partial charge in [-0.25, -0.2) is 8.42 Å². The zero-order chi connectivity index (χ0) is 11.2. The van der Waals surface area contributed by atoms with Crippen molar-refractivity contribution < 1.29 is 18.3 Å². The highest BCUT2D eigenvalue weighted by atomic mass is 32.2. The van der Waals surface area contributed by atoms with Crippen molar-refractivity contribution in [1.29, 1.82) is 0 Å². The van der Waals surface area contributed by atoms with Gasteiger partial charge in [0.25, 0.3) is 0 Å². The fourth-order valence-corrected chi connectivity index (χ4v) is 2.02. The van der Waals surface area contributed by atoms with Gasteiger partial charge in [0, 0.05) is 12.0 Å². The van der Waals surface area contributed by atoms with Gasteiger partial charge in [-0.3, -0.25) is 4.79 Å². The van der Waals surface area contributed by atoms with E-state index in [1.54, 1.807) is 0 Å². The molecule has 0 radical (unpaired) electrons. The summed E-state index contributed by atoms with van der Waals surface area (Å²) in [5.41, 5.74) is 0. The molecule has 1 unspecified atom stereocenters. The van der Waals surface area contributed by atoms with E-state index in [4.69, 9.17) is 5.11 Å². The molecule has 0 aliphatic rings. The molecule has 0 aromatic carbocycles. The average Bonchev–Trinajstić information content (AvgIpc) is 2.00. The summed E-state index contributed by atoms with van der Waals surface area (Å²) in [6.07, 6.45) is 3.50. The van der Waals surface area contributed by atoms with Crippen molar-refractivity contribution in [1.82, 2.24) is 0 Å². The predicted molar refractivity (Wildman–Crippen MR) is 55.0 cm³/mol. The molecule has 0 saturated heterocycles. The third-order valence-electron chi connectivity index (χ3n) is 2.05. The van der Waals surface area contributed by atoms with Gasteiger partial charge in [-0.2, -0.15) is 0 Å². The van der Waals surface area contributed by atoms with Crippen LogP contribution in [0.2, 0.25) is 0 Å². The lowest BCUT2D eigenvalue weighted by Gasteiger charge is -2.09. The molecular weight excluding hydrogens is 204 g/mol. The van der Waals surface area contributed by atoms with Crippen LogP contribution >= 0.6 is 0 Å². The summed E-state index contributed by atoms with van der Waals surface area (Å²) >= 11 is 0. The van der Waals surface area contributed by atoms with Gasteiger partial charge in [-0.15, -0.1) is 0 Å². The number of carboxylic acids is 1. The van der Waals surface area contributed by atoms with E-state index in [-0.39, 0.29) is 11.7 Å². The molecule has 0 aromatic heterocycles. The van der Waals surface area contributed by atoms with E-state index in [9.17, 15) is 13.2 Å². The molecule has 0 bridgehead atoms. The highest BCUT2D eigenvalue weighted by molar-refractivity contribution is 7.90. The minimum Gasteiger partial charge on any atom is -0.481 e. The third-order valence-corrected chi connectivity index (χ3v) is 3.08. The third kappa shape index (κ3) is 6.88. The maximum atomic E-state index is 10.8. The van der Waals surface area contributed by atoms with Crippen LogP contribution in [0.25, 0.3) is 0 Å². The van der Waals surface area contributed by atoms with E-state index in [0.717, 1.165) is 6.42 Å². The molecule has 5 heteroatoms. The van der Waals surface area contributed by atoms with E-state index in [1.807, 2.05) is 6.92 Å². The zero-order valence-corrected chi connectivity index (χ0v) is 9.51. The minimum atomic E-state index is -2.95. The normalized spacial score (nSPS) is 13.9. The molecule has 0 fully saturated rings. The van der Waals surface area contributed by atoms with Crippen molar-refractivity contribution >= 4 is 15.8 Å². The Morgan fingerprint density at radius 1 is 1.36 bits per heavy atom. The molecular formula is C9H18O4S. The lowest BCUT2D eigenvalue weighted by Crippen LogP contribution is -2.15. The van der Waals surface area contributed by atoms with E-state index in [2.05, 4.69) is 0 Å². The summed E-state index contributed by atoms with van der Waals surface area (Å²) in [7, 11) is -2.95. The predicted octanol–water partition coefficient (Wildman–Crippen LogP) is 1.31. The fraction of sp³-hybridized carbons (Fsp3) is 0.889. The second-order valence-corrected chi connectivity index (χ2v) is 5.86. The Bertz CT molecular complexity index is 269. The van der Waals surface area contributed by atoms with Crippen LogP contribution in [-0.4, -0.2) is 31.5 Å². The molecule has 1 atom stereocenters. The molecule has 0 aromatic rings. The standard InChI is InChI=1S/C9H18O4S/c1-3-5-8(9(10)11)6-4-7-14(2,12)13/h8H,3-7H2,1-2H3,(H,10,11). The van der Waals surface area contributed by atoms with Crippen molar-refractivity contribution in [2.45, 2.75) is 32.6 Å². The molecule has 0 saturated carbocycles. The van der Waals surface area contributed by atoms with Crippen LogP contribution in [0.15, 0.2) is 0 Å². The lowest BCUT2D eigenvalue weighted by molar-refractivity contribution is -0.142. The number of aliphatic carboxylic acids is 1. The zero-order valence-electron chi connectivity index (χ0n) is 8.69. The van der Waals surface area contributed by atoms with Crippen LogP contribution in [0.4, 0.5) is 0 Å². The van der Waals surface area contributed by atoms with E-state index < -0.39 is 15.8 Å². The summed E-state index contributed by atoms with van der Waals surface area (Å²) in [6.45, 7) is 1.92. The Morgan fingerprint density at radius 3 is 2.29 bits per heavy atom. The summed E-state index contributed by atoms with van der Waals surface area (Å²) in [4.78, 5) is 10.7. The molecule has 0 rings (SSSR count). The summed E-state index contributed by atoms with van der Waals surface area (Å²) < 4.78 is 21.6. The first-order valence-corrected chi connectivity index (χ1v) is 6.83. The first kappa shape index (κ1) is 13.4. The first-order chi connectivity index (χ1) is 6.37. The molecule has 1 N–H and O–H groups in total. The number of carbonyl (C=O) groups is 1. The van der Waals surface area contributed by atoms with Gasteiger partial charge < -0.3 is 5.11 Å². The molecule has 84 valence electrons. The van der Waals surface area contributed by atoms with Crippen LogP contribution in [0.1, 0.15) is 32.6 Å². The largest absolute Gasteiger partial charge is 0.481 e. The van der Waals surface area contributed by atoms with Crippen molar-refractivity contribution in [3.63, 3.8) is 0 Å². The Morgan fingerprint density at radius 2 is 1.93 bits per heavy atom. The van der Waals surface area contributed by atoms with Crippen LogP contribution in [0, 0.1) is 5.92 Å². The average molecular weight is 222 g/mol. The molecule has 14 heavy (non-hydrogen) atoms. The van der Waals surface area contributed by atoms with Crippen molar-refractivity contribution in [3.05, 3.63) is 0 Å². The second-order valence-electron chi connectivity index (χ2n) is 3.60. The highest BCUT2D eigenvalue weighted by Gasteiger charge is 2.16.